The quantitative estimate of drug-likeness (QED) is 0.625. The van der Waals surface area contributed by atoms with Crippen LogP contribution >= 0.6 is 0 Å². The molecule has 126 valence electrons. The highest BCUT2D eigenvalue weighted by molar-refractivity contribution is 5.76. The van der Waals surface area contributed by atoms with E-state index in [0.717, 1.165) is 19.3 Å². The first-order valence-corrected chi connectivity index (χ1v) is 8.50. The zero-order valence-corrected chi connectivity index (χ0v) is 13.6. The molecule has 0 amide bonds. The third-order valence-corrected chi connectivity index (χ3v) is 5.61. The van der Waals surface area contributed by atoms with Crippen LogP contribution in [-0.2, 0) is 19.0 Å². The zero-order valence-electron chi connectivity index (χ0n) is 13.6. The van der Waals surface area contributed by atoms with Gasteiger partial charge < -0.3 is 19.3 Å². The fourth-order valence-corrected chi connectivity index (χ4v) is 4.54. The molecule has 2 saturated heterocycles. The van der Waals surface area contributed by atoms with E-state index >= 15 is 0 Å². The lowest BCUT2D eigenvalue weighted by Gasteiger charge is -2.32. The Morgan fingerprint density at radius 2 is 2.22 bits per heavy atom. The van der Waals surface area contributed by atoms with Crippen LogP contribution in [0.5, 0.6) is 0 Å². The Kier molecular flexibility index (Phi) is 3.54. The van der Waals surface area contributed by atoms with Crippen molar-refractivity contribution in [2.24, 2.45) is 23.2 Å². The summed E-state index contributed by atoms with van der Waals surface area (Å²) >= 11 is 0. The van der Waals surface area contributed by atoms with Crippen molar-refractivity contribution in [3.63, 3.8) is 0 Å². The molecular weight excluding hydrogens is 296 g/mol. The summed E-state index contributed by atoms with van der Waals surface area (Å²) in [4.78, 5) is 12.2. The average molecular weight is 320 g/mol. The molecule has 6 atom stereocenters. The predicted octanol–water partition coefficient (Wildman–Crippen LogP) is 2.51. The molecule has 0 bridgehead atoms. The highest BCUT2D eigenvalue weighted by Crippen LogP contribution is 2.48. The van der Waals surface area contributed by atoms with Gasteiger partial charge in [0, 0.05) is 0 Å². The van der Waals surface area contributed by atoms with Gasteiger partial charge in [0.1, 0.15) is 0 Å². The second-order valence-electron chi connectivity index (χ2n) is 7.96. The van der Waals surface area contributed by atoms with Gasteiger partial charge in [0.05, 0.1) is 30.1 Å². The number of hydrogen-bond donors (Lipinski definition) is 1. The summed E-state index contributed by atoms with van der Waals surface area (Å²) in [6.45, 7) is 4.50. The molecule has 0 spiro atoms. The largest absolute Gasteiger partial charge is 0.472 e. The summed E-state index contributed by atoms with van der Waals surface area (Å²) in [5.74, 6) is -1.13. The highest BCUT2D eigenvalue weighted by atomic mass is 16.8. The number of hydrogen-bond acceptors (Lipinski definition) is 5. The number of ether oxygens (including phenoxy) is 3. The molecule has 0 radical (unpaired) electrons. The Morgan fingerprint density at radius 1 is 1.39 bits per heavy atom. The van der Waals surface area contributed by atoms with Gasteiger partial charge in [0.15, 0.2) is 0 Å². The maximum absolute atomic E-state index is 12.2. The molecule has 1 N–H and O–H groups in total. The van der Waals surface area contributed by atoms with E-state index in [9.17, 15) is 9.90 Å². The van der Waals surface area contributed by atoms with Crippen molar-refractivity contribution in [1.82, 2.24) is 0 Å². The van der Waals surface area contributed by atoms with Gasteiger partial charge in [-0.25, -0.2) is 0 Å². The second kappa shape index (κ2) is 5.35. The first-order chi connectivity index (χ1) is 10.9. The van der Waals surface area contributed by atoms with Crippen LogP contribution in [0.2, 0.25) is 0 Å². The summed E-state index contributed by atoms with van der Waals surface area (Å²) in [7, 11) is 0. The molecule has 4 aliphatic rings. The van der Waals surface area contributed by atoms with E-state index in [-0.39, 0.29) is 29.5 Å². The number of aliphatic hydroxyl groups excluding tert-OH is 1. The lowest BCUT2D eigenvalue weighted by molar-refractivity contribution is -0.189. The van der Waals surface area contributed by atoms with Crippen molar-refractivity contribution in [2.45, 2.75) is 58.2 Å². The molecule has 0 aromatic heterocycles. The van der Waals surface area contributed by atoms with Crippen molar-refractivity contribution >= 4 is 5.97 Å². The molecule has 0 unspecified atom stereocenters. The van der Waals surface area contributed by atoms with Gasteiger partial charge in [-0.2, -0.15) is 0 Å². The number of carbonyl (C=O) groups excluding carboxylic acids is 1. The number of carbonyl (C=O) groups is 1. The molecule has 5 heteroatoms. The summed E-state index contributed by atoms with van der Waals surface area (Å²) in [5, 5.41) is 10.7. The van der Waals surface area contributed by atoms with E-state index in [2.05, 4.69) is 13.8 Å². The van der Waals surface area contributed by atoms with Gasteiger partial charge in [-0.05, 0) is 37.2 Å². The summed E-state index contributed by atoms with van der Waals surface area (Å²) in [5.41, 5.74) is 1.52. The molecule has 3 aliphatic heterocycles. The summed E-state index contributed by atoms with van der Waals surface area (Å²) < 4.78 is 16.3. The zero-order chi connectivity index (χ0) is 16.2. The predicted molar refractivity (Wildman–Crippen MR) is 81.8 cm³/mol. The number of allylic oxidation sites excluding steroid dienone is 1. The van der Waals surface area contributed by atoms with E-state index in [1.807, 2.05) is 12.2 Å². The highest BCUT2D eigenvalue weighted by Gasteiger charge is 2.60. The van der Waals surface area contributed by atoms with Gasteiger partial charge in [-0.3, -0.25) is 4.79 Å². The smallest absolute Gasteiger partial charge is 0.314 e. The first-order valence-electron chi connectivity index (χ1n) is 8.50. The molecule has 1 aliphatic carbocycles. The third kappa shape index (κ3) is 2.60. The Bertz CT molecular complexity index is 564. The Hall–Kier alpha value is -1.33. The van der Waals surface area contributed by atoms with Gasteiger partial charge in [-0.15, -0.1) is 0 Å². The van der Waals surface area contributed by atoms with Crippen molar-refractivity contribution in [3.8, 4) is 0 Å². The second-order valence-corrected chi connectivity index (χ2v) is 7.96. The standard InChI is InChI=1S/C18H24O5/c1-18(2)6-3-4-10(9-18)8-12(19)14-13-11-5-7-21-16(11)23-17(13)22-15(14)20/h5,7-8,11-14,16-17,19H,3-4,6,9H2,1-2H3/b10-8+/t11-,12+,13-,14-,16+,17-/m1/s1. The minimum Gasteiger partial charge on any atom is -0.472 e. The molecule has 1 saturated carbocycles. The van der Waals surface area contributed by atoms with E-state index in [1.165, 1.54) is 12.0 Å². The van der Waals surface area contributed by atoms with Crippen molar-refractivity contribution in [1.29, 1.82) is 0 Å². The monoisotopic (exact) mass is 320 g/mol. The van der Waals surface area contributed by atoms with Crippen molar-refractivity contribution in [3.05, 3.63) is 24.0 Å². The fraction of sp³-hybridized carbons (Fsp3) is 0.722. The maximum Gasteiger partial charge on any atom is 0.314 e. The van der Waals surface area contributed by atoms with E-state index in [0.29, 0.717) is 0 Å². The lowest BCUT2D eigenvalue weighted by Crippen LogP contribution is -2.33. The van der Waals surface area contributed by atoms with Crippen molar-refractivity contribution < 1.29 is 24.1 Å². The molecule has 3 heterocycles. The molecular formula is C18H24O5. The first kappa shape index (κ1) is 15.2. The number of aliphatic hydroxyl groups is 1. The third-order valence-electron chi connectivity index (χ3n) is 5.61. The Labute approximate surface area is 136 Å². The normalized spacial score (nSPS) is 43.9. The van der Waals surface area contributed by atoms with Gasteiger partial charge in [0.2, 0.25) is 12.6 Å². The van der Waals surface area contributed by atoms with Crippen molar-refractivity contribution in [2.75, 3.05) is 0 Å². The van der Waals surface area contributed by atoms with E-state index < -0.39 is 18.3 Å². The van der Waals surface area contributed by atoms with Gasteiger partial charge in [-0.1, -0.05) is 25.5 Å². The Morgan fingerprint density at radius 3 is 3.00 bits per heavy atom. The summed E-state index contributed by atoms with van der Waals surface area (Å²) in [6, 6.07) is 0. The van der Waals surface area contributed by atoms with Gasteiger partial charge >= 0.3 is 5.97 Å². The number of esters is 1. The lowest BCUT2D eigenvalue weighted by atomic mass is 9.74. The molecule has 3 fully saturated rings. The number of fused-ring (bicyclic) bond motifs is 3. The van der Waals surface area contributed by atoms with Crippen LogP contribution in [0, 0.1) is 23.2 Å². The fourth-order valence-electron chi connectivity index (χ4n) is 4.54. The van der Waals surface area contributed by atoms with Crippen LogP contribution in [0.4, 0.5) is 0 Å². The molecule has 5 nitrogen and oxygen atoms in total. The van der Waals surface area contributed by atoms with E-state index in [4.69, 9.17) is 14.2 Å². The summed E-state index contributed by atoms with van der Waals surface area (Å²) in [6.07, 6.45) is 7.94. The minimum atomic E-state index is -0.822. The van der Waals surface area contributed by atoms with Crippen LogP contribution < -0.4 is 0 Å². The molecule has 0 aromatic rings. The Balaban J connectivity index is 1.54. The van der Waals surface area contributed by atoms with Crippen LogP contribution in [0.1, 0.15) is 39.5 Å². The minimum absolute atomic E-state index is 0.0210. The number of rotatable bonds is 2. The van der Waals surface area contributed by atoms with Crippen LogP contribution in [0.3, 0.4) is 0 Å². The molecule has 23 heavy (non-hydrogen) atoms. The van der Waals surface area contributed by atoms with Crippen LogP contribution in [0.25, 0.3) is 0 Å². The SMILES string of the molecule is CC1(C)CCC/C(=C\[C@H](O)[C@H]2C(=O)O[C@@H]3O[C@@H]4OC=C[C@@H]4[C@@H]32)C1. The average Bonchev–Trinajstić information content (AvgIpc) is 3.08. The van der Waals surface area contributed by atoms with Gasteiger partial charge in [0.25, 0.3) is 0 Å². The van der Waals surface area contributed by atoms with E-state index in [1.54, 1.807) is 6.26 Å². The van der Waals surface area contributed by atoms with Crippen LogP contribution in [0.15, 0.2) is 24.0 Å². The molecule has 0 aromatic carbocycles. The molecule has 4 rings (SSSR count). The topological polar surface area (TPSA) is 65.0 Å². The van der Waals surface area contributed by atoms with Crippen LogP contribution in [-0.4, -0.2) is 29.8 Å². The maximum atomic E-state index is 12.2.